The summed E-state index contributed by atoms with van der Waals surface area (Å²) in [5.74, 6) is 0.909. The van der Waals surface area contributed by atoms with Crippen LogP contribution < -0.4 is 5.73 Å². The monoisotopic (exact) mass is 288 g/mol. The van der Waals surface area contributed by atoms with Gasteiger partial charge in [0.05, 0.1) is 0 Å². The molecule has 0 spiro atoms. The number of fused-ring (bicyclic) bond motifs is 1. The molecular formula is C17H24N2S. The second-order valence-electron chi connectivity index (χ2n) is 6.05. The lowest BCUT2D eigenvalue weighted by atomic mass is 10.1. The average Bonchev–Trinajstić information content (AvgIpc) is 3.07. The Hall–Kier alpha value is -0.900. The van der Waals surface area contributed by atoms with Crippen LogP contribution in [0.3, 0.4) is 0 Å². The molecule has 1 saturated carbocycles. The van der Waals surface area contributed by atoms with E-state index in [1.54, 1.807) is 0 Å². The molecule has 0 atom stereocenters. The number of nitrogens with zero attached hydrogens (tertiary/aromatic N) is 1. The molecule has 0 amide bonds. The summed E-state index contributed by atoms with van der Waals surface area (Å²) in [7, 11) is 2.26. The van der Waals surface area contributed by atoms with E-state index in [0.717, 1.165) is 12.5 Å². The van der Waals surface area contributed by atoms with Crippen molar-refractivity contribution in [1.29, 1.82) is 0 Å². The number of hydrogen-bond donors (Lipinski definition) is 1. The van der Waals surface area contributed by atoms with Gasteiger partial charge in [0.25, 0.3) is 0 Å². The predicted octanol–water partition coefficient (Wildman–Crippen LogP) is 3.98. The Labute approximate surface area is 125 Å². The van der Waals surface area contributed by atoms with Gasteiger partial charge in [-0.05, 0) is 42.8 Å². The van der Waals surface area contributed by atoms with E-state index in [4.69, 9.17) is 5.73 Å². The first-order valence-electron chi connectivity index (χ1n) is 7.66. The first-order valence-corrected chi connectivity index (χ1v) is 8.47. The minimum absolute atomic E-state index is 0.659. The van der Waals surface area contributed by atoms with Crippen LogP contribution in [0, 0.1) is 5.92 Å². The highest BCUT2D eigenvalue weighted by Gasteiger charge is 2.18. The van der Waals surface area contributed by atoms with E-state index in [-0.39, 0.29) is 0 Å². The maximum absolute atomic E-state index is 5.95. The predicted molar refractivity (Wildman–Crippen MR) is 88.0 cm³/mol. The molecule has 1 fully saturated rings. The second kappa shape index (κ2) is 6.25. The van der Waals surface area contributed by atoms with Crippen molar-refractivity contribution in [3.05, 3.63) is 34.7 Å². The summed E-state index contributed by atoms with van der Waals surface area (Å²) in [6.45, 7) is 2.92. The van der Waals surface area contributed by atoms with Crippen LogP contribution in [0.4, 0.5) is 0 Å². The molecule has 1 aromatic heterocycles. The van der Waals surface area contributed by atoms with Crippen LogP contribution in [0.5, 0.6) is 0 Å². The number of rotatable bonds is 5. The quantitative estimate of drug-likeness (QED) is 0.901. The Morgan fingerprint density at radius 2 is 2.00 bits per heavy atom. The molecule has 1 aliphatic rings. The van der Waals surface area contributed by atoms with Crippen LogP contribution in [-0.4, -0.2) is 18.5 Å². The highest BCUT2D eigenvalue weighted by Crippen LogP contribution is 2.32. The van der Waals surface area contributed by atoms with E-state index in [1.165, 1.54) is 52.8 Å². The molecule has 0 aliphatic heterocycles. The molecule has 1 aliphatic carbocycles. The first-order chi connectivity index (χ1) is 9.78. The highest BCUT2D eigenvalue weighted by molar-refractivity contribution is 7.19. The van der Waals surface area contributed by atoms with Crippen molar-refractivity contribution < 1.29 is 0 Å². The smallest absolute Gasteiger partial charge is 0.0349 e. The summed E-state index contributed by atoms with van der Waals surface area (Å²) in [6, 6.07) is 8.70. The number of nitrogens with two attached hydrogens (primary N) is 1. The largest absolute Gasteiger partial charge is 0.326 e. The van der Waals surface area contributed by atoms with Crippen molar-refractivity contribution in [2.24, 2.45) is 11.7 Å². The highest BCUT2D eigenvalue weighted by atomic mass is 32.1. The van der Waals surface area contributed by atoms with Crippen LogP contribution in [0.2, 0.25) is 0 Å². The fraction of sp³-hybridized carbons (Fsp3) is 0.529. The van der Waals surface area contributed by atoms with Gasteiger partial charge in [-0.1, -0.05) is 31.0 Å². The molecule has 108 valence electrons. The van der Waals surface area contributed by atoms with Gasteiger partial charge in [-0.15, -0.1) is 11.3 Å². The van der Waals surface area contributed by atoms with Crippen molar-refractivity contribution in [3.63, 3.8) is 0 Å². The topological polar surface area (TPSA) is 29.3 Å². The molecule has 1 aromatic carbocycles. The number of benzene rings is 1. The molecule has 3 rings (SSSR count). The third-order valence-electron chi connectivity index (χ3n) is 4.44. The van der Waals surface area contributed by atoms with E-state index in [1.807, 2.05) is 11.3 Å². The zero-order valence-corrected chi connectivity index (χ0v) is 13.1. The molecule has 3 heteroatoms. The maximum atomic E-state index is 5.95. The normalized spacial score (nSPS) is 16.6. The van der Waals surface area contributed by atoms with Gasteiger partial charge in [0, 0.05) is 29.2 Å². The molecule has 20 heavy (non-hydrogen) atoms. The minimum atomic E-state index is 0.659. The van der Waals surface area contributed by atoms with Gasteiger partial charge >= 0.3 is 0 Å². The van der Waals surface area contributed by atoms with Gasteiger partial charge in [0.2, 0.25) is 0 Å². The molecule has 2 nitrogen and oxygen atoms in total. The van der Waals surface area contributed by atoms with Gasteiger partial charge in [0.15, 0.2) is 0 Å². The maximum Gasteiger partial charge on any atom is 0.0349 e. The van der Waals surface area contributed by atoms with Gasteiger partial charge in [-0.25, -0.2) is 0 Å². The molecular weight excluding hydrogens is 264 g/mol. The van der Waals surface area contributed by atoms with Crippen molar-refractivity contribution in [3.8, 4) is 0 Å². The second-order valence-corrected chi connectivity index (χ2v) is 7.19. The molecule has 2 N–H and O–H groups in total. The molecule has 0 bridgehead atoms. The lowest BCUT2D eigenvalue weighted by Crippen LogP contribution is -2.24. The van der Waals surface area contributed by atoms with Gasteiger partial charge < -0.3 is 10.6 Å². The zero-order valence-electron chi connectivity index (χ0n) is 12.3. The Morgan fingerprint density at radius 3 is 2.75 bits per heavy atom. The molecule has 1 heterocycles. The van der Waals surface area contributed by atoms with Crippen LogP contribution in [0.15, 0.2) is 24.3 Å². The van der Waals surface area contributed by atoms with Crippen molar-refractivity contribution >= 4 is 21.4 Å². The number of hydrogen-bond acceptors (Lipinski definition) is 3. The minimum Gasteiger partial charge on any atom is -0.326 e. The summed E-state index contributed by atoms with van der Waals surface area (Å²) in [4.78, 5) is 3.84. The third kappa shape index (κ3) is 2.90. The Bertz CT molecular complexity index is 569. The molecule has 0 unspecified atom stereocenters. The van der Waals surface area contributed by atoms with Gasteiger partial charge in [0.1, 0.15) is 0 Å². The third-order valence-corrected chi connectivity index (χ3v) is 5.68. The van der Waals surface area contributed by atoms with Gasteiger partial charge in [-0.3, -0.25) is 0 Å². The van der Waals surface area contributed by atoms with E-state index >= 15 is 0 Å². The lowest BCUT2D eigenvalue weighted by molar-refractivity contribution is 0.271. The number of thiophene rings is 1. The van der Waals surface area contributed by atoms with Crippen LogP contribution >= 0.6 is 11.3 Å². The van der Waals surface area contributed by atoms with Gasteiger partial charge in [-0.2, -0.15) is 0 Å². The fourth-order valence-corrected chi connectivity index (χ4v) is 4.55. The van der Waals surface area contributed by atoms with E-state index in [0.29, 0.717) is 6.54 Å². The summed E-state index contributed by atoms with van der Waals surface area (Å²) in [6.07, 6.45) is 5.68. The fourth-order valence-electron chi connectivity index (χ4n) is 3.46. The first kappa shape index (κ1) is 14.1. The van der Waals surface area contributed by atoms with E-state index in [9.17, 15) is 0 Å². The van der Waals surface area contributed by atoms with Crippen LogP contribution in [0.1, 0.15) is 36.1 Å². The molecule has 0 radical (unpaired) electrons. The summed E-state index contributed by atoms with van der Waals surface area (Å²) < 4.78 is 1.37. The average molecular weight is 288 g/mol. The molecule has 0 saturated heterocycles. The summed E-state index contributed by atoms with van der Waals surface area (Å²) in [5.41, 5.74) is 7.40. The van der Waals surface area contributed by atoms with Crippen LogP contribution in [0.25, 0.3) is 10.1 Å². The lowest BCUT2D eigenvalue weighted by Gasteiger charge is -2.21. The Balaban J connectivity index is 1.78. The standard InChI is InChI=1S/C17H24N2S/c1-19(11-13-6-2-3-7-13)12-15-14-8-4-5-9-16(14)20-17(15)10-18/h4-5,8-9,13H,2-3,6-7,10-12,18H2,1H3. The van der Waals surface area contributed by atoms with Crippen LogP contribution in [-0.2, 0) is 13.1 Å². The summed E-state index contributed by atoms with van der Waals surface area (Å²) >= 11 is 1.86. The summed E-state index contributed by atoms with van der Waals surface area (Å²) in [5, 5.41) is 1.40. The van der Waals surface area contributed by atoms with E-state index < -0.39 is 0 Å². The Kier molecular flexibility index (Phi) is 4.39. The Morgan fingerprint density at radius 1 is 1.25 bits per heavy atom. The van der Waals surface area contributed by atoms with Crippen molar-refractivity contribution in [1.82, 2.24) is 4.90 Å². The molecule has 2 aromatic rings. The van der Waals surface area contributed by atoms with E-state index in [2.05, 4.69) is 36.2 Å². The SMILES string of the molecule is CN(Cc1c(CN)sc2ccccc12)CC1CCCC1. The van der Waals surface area contributed by atoms with Crippen molar-refractivity contribution in [2.45, 2.75) is 38.8 Å². The zero-order chi connectivity index (χ0) is 13.9. The van der Waals surface area contributed by atoms with Crippen molar-refractivity contribution in [2.75, 3.05) is 13.6 Å².